The highest BCUT2D eigenvalue weighted by Gasteiger charge is 2.38. The molecule has 3 saturated heterocycles. The Morgan fingerprint density at radius 2 is 1.41 bits per heavy atom. The van der Waals surface area contributed by atoms with Gasteiger partial charge in [-0.15, -0.1) is 0 Å². The van der Waals surface area contributed by atoms with E-state index in [-0.39, 0.29) is 18.0 Å². The Morgan fingerprint density at radius 1 is 0.812 bits per heavy atom. The Bertz CT molecular complexity index is 885. The first kappa shape index (κ1) is 21.0. The van der Waals surface area contributed by atoms with E-state index in [2.05, 4.69) is 66.0 Å². The zero-order chi connectivity index (χ0) is 21.9. The number of fused-ring (bicyclic) bond motifs is 1. The van der Waals surface area contributed by atoms with Crippen LogP contribution in [0, 0.1) is 11.8 Å². The van der Waals surface area contributed by atoms with E-state index in [1.807, 2.05) is 9.80 Å². The summed E-state index contributed by atoms with van der Waals surface area (Å²) in [5, 5.41) is 3.11. The van der Waals surface area contributed by atoms with Crippen LogP contribution in [0.1, 0.15) is 49.1 Å². The number of hydrogen-bond donors (Lipinski definition) is 1. The van der Waals surface area contributed by atoms with E-state index in [4.69, 9.17) is 0 Å². The average molecular weight is 432 g/mol. The number of carbonyl (C=O) groups is 2. The van der Waals surface area contributed by atoms with Gasteiger partial charge in [0.05, 0.1) is 0 Å². The van der Waals surface area contributed by atoms with Crippen LogP contribution in [-0.2, 0) is 4.79 Å². The van der Waals surface area contributed by atoms with Crippen molar-refractivity contribution in [3.05, 3.63) is 71.8 Å². The molecule has 2 aromatic rings. The maximum absolute atomic E-state index is 13.3. The van der Waals surface area contributed by atoms with Gasteiger partial charge in [0.1, 0.15) is 0 Å². The lowest BCUT2D eigenvalue weighted by Gasteiger charge is -2.44. The van der Waals surface area contributed by atoms with Crippen molar-refractivity contribution in [1.29, 1.82) is 0 Å². The number of piperidine rings is 3. The molecule has 3 heterocycles. The monoisotopic (exact) mass is 431 g/mol. The average Bonchev–Trinajstić information content (AvgIpc) is 2.85. The fraction of sp³-hybridized carbons (Fsp3) is 0.481. The standard InChI is InChI=1S/C27H33N3O2/c31-25-12-11-20-13-18-30(19-24(20)28-25)27(32)29-16-14-23(15-17-29)26(21-7-3-1-4-8-21)22-9-5-2-6-10-22/h1-10,20,23-24,26H,11-19H2,(H,28,31)/t20-,24+/m0/s1. The topological polar surface area (TPSA) is 52.7 Å². The van der Waals surface area contributed by atoms with Gasteiger partial charge in [0.15, 0.2) is 0 Å². The molecule has 5 heteroatoms. The Kier molecular flexibility index (Phi) is 6.15. The first-order valence-electron chi connectivity index (χ1n) is 12.1. The SMILES string of the molecule is O=C1CC[C@H]2CCN(C(=O)N3CCC(C(c4ccccc4)c4ccccc4)CC3)C[C@H]2N1. The minimum atomic E-state index is 0.132. The van der Waals surface area contributed by atoms with Crippen molar-refractivity contribution in [2.24, 2.45) is 11.8 Å². The van der Waals surface area contributed by atoms with Crippen molar-refractivity contribution in [2.45, 2.75) is 44.1 Å². The molecule has 5 nitrogen and oxygen atoms in total. The number of likely N-dealkylation sites (tertiary alicyclic amines) is 2. The summed E-state index contributed by atoms with van der Waals surface area (Å²) in [6.07, 6.45) is 4.61. The smallest absolute Gasteiger partial charge is 0.320 e. The quantitative estimate of drug-likeness (QED) is 0.790. The second-order valence-electron chi connectivity index (χ2n) is 9.61. The van der Waals surface area contributed by atoms with Gasteiger partial charge in [0, 0.05) is 44.6 Å². The summed E-state index contributed by atoms with van der Waals surface area (Å²) >= 11 is 0. The zero-order valence-electron chi connectivity index (χ0n) is 18.7. The second kappa shape index (κ2) is 9.35. The van der Waals surface area contributed by atoms with E-state index in [0.29, 0.717) is 30.7 Å². The molecule has 0 bridgehead atoms. The molecule has 3 aliphatic heterocycles. The number of urea groups is 1. The lowest BCUT2D eigenvalue weighted by atomic mass is 9.76. The number of carbonyl (C=O) groups excluding carboxylic acids is 2. The van der Waals surface area contributed by atoms with Crippen LogP contribution in [0.2, 0.25) is 0 Å². The van der Waals surface area contributed by atoms with Crippen molar-refractivity contribution in [1.82, 2.24) is 15.1 Å². The van der Waals surface area contributed by atoms with Gasteiger partial charge in [0.25, 0.3) is 0 Å². The Labute approximate surface area is 190 Å². The summed E-state index contributed by atoms with van der Waals surface area (Å²) in [5.41, 5.74) is 2.72. The highest BCUT2D eigenvalue weighted by Crippen LogP contribution is 2.38. The van der Waals surface area contributed by atoms with Crippen LogP contribution in [-0.4, -0.2) is 54.0 Å². The number of nitrogens with one attached hydrogen (secondary N) is 1. The molecular weight excluding hydrogens is 398 g/mol. The molecule has 2 aromatic carbocycles. The minimum absolute atomic E-state index is 0.132. The van der Waals surface area contributed by atoms with Gasteiger partial charge in [-0.3, -0.25) is 4.79 Å². The minimum Gasteiger partial charge on any atom is -0.351 e. The fourth-order valence-electron chi connectivity index (χ4n) is 5.96. The lowest BCUT2D eigenvalue weighted by molar-refractivity contribution is -0.125. The van der Waals surface area contributed by atoms with Crippen molar-refractivity contribution in [3.8, 4) is 0 Å². The van der Waals surface area contributed by atoms with Crippen LogP contribution in [0.5, 0.6) is 0 Å². The third-order valence-electron chi connectivity index (χ3n) is 7.71. The van der Waals surface area contributed by atoms with Crippen molar-refractivity contribution in [2.75, 3.05) is 26.2 Å². The number of rotatable bonds is 3. The molecule has 3 aliphatic rings. The molecule has 168 valence electrons. The number of benzene rings is 2. The Hall–Kier alpha value is -2.82. The zero-order valence-corrected chi connectivity index (χ0v) is 18.7. The normalized spacial score (nSPS) is 24.2. The number of amides is 3. The van der Waals surface area contributed by atoms with E-state index in [0.717, 1.165) is 45.3 Å². The molecule has 32 heavy (non-hydrogen) atoms. The van der Waals surface area contributed by atoms with E-state index >= 15 is 0 Å². The van der Waals surface area contributed by atoms with E-state index in [1.54, 1.807) is 0 Å². The molecule has 0 unspecified atom stereocenters. The van der Waals surface area contributed by atoms with Crippen molar-refractivity contribution in [3.63, 3.8) is 0 Å². The lowest BCUT2D eigenvalue weighted by Crippen LogP contribution is -2.59. The van der Waals surface area contributed by atoms with Crippen LogP contribution in [0.15, 0.2) is 60.7 Å². The fourth-order valence-corrected chi connectivity index (χ4v) is 5.96. The van der Waals surface area contributed by atoms with Crippen LogP contribution in [0.4, 0.5) is 4.79 Å². The molecule has 2 atom stereocenters. The van der Waals surface area contributed by atoms with E-state index in [9.17, 15) is 9.59 Å². The molecule has 3 amide bonds. The van der Waals surface area contributed by atoms with Crippen molar-refractivity contribution < 1.29 is 9.59 Å². The summed E-state index contributed by atoms with van der Waals surface area (Å²) in [4.78, 5) is 29.1. The van der Waals surface area contributed by atoms with Gasteiger partial charge in [-0.05, 0) is 48.6 Å². The van der Waals surface area contributed by atoms with E-state index in [1.165, 1.54) is 11.1 Å². The van der Waals surface area contributed by atoms with Gasteiger partial charge in [0.2, 0.25) is 5.91 Å². The number of nitrogens with zero attached hydrogens (tertiary/aromatic N) is 2. The highest BCUT2D eigenvalue weighted by molar-refractivity contribution is 5.78. The van der Waals surface area contributed by atoms with Gasteiger partial charge >= 0.3 is 6.03 Å². The van der Waals surface area contributed by atoms with Gasteiger partial charge in [-0.2, -0.15) is 0 Å². The van der Waals surface area contributed by atoms with E-state index < -0.39 is 0 Å². The van der Waals surface area contributed by atoms with Gasteiger partial charge in [-0.1, -0.05) is 60.7 Å². The summed E-state index contributed by atoms with van der Waals surface area (Å²) in [6, 6.07) is 21.9. The molecule has 0 radical (unpaired) electrons. The molecule has 1 N–H and O–H groups in total. The first-order valence-corrected chi connectivity index (χ1v) is 12.1. The maximum atomic E-state index is 13.3. The summed E-state index contributed by atoms with van der Waals surface area (Å²) in [7, 11) is 0. The first-order chi connectivity index (χ1) is 15.7. The molecule has 0 spiro atoms. The summed E-state index contributed by atoms with van der Waals surface area (Å²) in [6.45, 7) is 3.07. The van der Waals surface area contributed by atoms with Gasteiger partial charge in [-0.25, -0.2) is 4.79 Å². The maximum Gasteiger partial charge on any atom is 0.320 e. The molecule has 0 aromatic heterocycles. The van der Waals surface area contributed by atoms with Crippen LogP contribution >= 0.6 is 0 Å². The molecular formula is C27H33N3O2. The predicted molar refractivity (Wildman–Crippen MR) is 125 cm³/mol. The third kappa shape index (κ3) is 4.38. The largest absolute Gasteiger partial charge is 0.351 e. The van der Waals surface area contributed by atoms with Crippen molar-refractivity contribution >= 4 is 11.9 Å². The molecule has 3 fully saturated rings. The van der Waals surface area contributed by atoms with Crippen LogP contribution in [0.25, 0.3) is 0 Å². The van der Waals surface area contributed by atoms with Crippen LogP contribution < -0.4 is 5.32 Å². The second-order valence-corrected chi connectivity index (χ2v) is 9.61. The molecule has 0 aliphatic carbocycles. The van der Waals surface area contributed by atoms with Crippen LogP contribution in [0.3, 0.4) is 0 Å². The Balaban J connectivity index is 1.24. The molecule has 5 rings (SSSR count). The predicted octanol–water partition coefficient (Wildman–Crippen LogP) is 4.25. The van der Waals surface area contributed by atoms with Gasteiger partial charge < -0.3 is 15.1 Å². The summed E-state index contributed by atoms with van der Waals surface area (Å²) in [5.74, 6) is 1.55. The Morgan fingerprint density at radius 3 is 2.03 bits per heavy atom. The molecule has 0 saturated carbocycles. The number of hydrogen-bond acceptors (Lipinski definition) is 2. The third-order valence-corrected chi connectivity index (χ3v) is 7.71. The highest BCUT2D eigenvalue weighted by atomic mass is 16.2. The summed E-state index contributed by atoms with van der Waals surface area (Å²) < 4.78 is 0.